The first-order valence-corrected chi connectivity index (χ1v) is 23.1. The van der Waals surface area contributed by atoms with E-state index in [4.69, 9.17) is 33.2 Å². The molecule has 0 amide bonds. The average molecular weight is 900 g/mol. The monoisotopic (exact) mass is 900 g/mol. The van der Waals surface area contributed by atoms with Crippen molar-refractivity contribution in [3.05, 3.63) is 30.1 Å². The molecule has 0 aliphatic carbocycles. The largest absolute Gasteiger partial charge is 0.483 e. The van der Waals surface area contributed by atoms with Crippen LogP contribution in [0.4, 0.5) is 4.39 Å². The van der Waals surface area contributed by atoms with Crippen molar-refractivity contribution in [2.24, 2.45) is 17.8 Å². The van der Waals surface area contributed by atoms with Crippen LogP contribution in [0.25, 0.3) is 0 Å². The molecule has 0 aromatic heterocycles. The van der Waals surface area contributed by atoms with Crippen LogP contribution in [0.1, 0.15) is 108 Å². The van der Waals surface area contributed by atoms with Gasteiger partial charge in [0.1, 0.15) is 40.6 Å². The number of nitrogens with zero attached hydrogens (tertiary/aromatic N) is 1. The first-order chi connectivity index (χ1) is 29.3. The van der Waals surface area contributed by atoms with Crippen molar-refractivity contribution in [1.29, 1.82) is 0 Å². The standard InChI is InChI=1S/C47H82FN3O12/c1-15-21-49-26-47(56)32(8)59-37(24-45(47,10)57-14)62-38-29(5)41(63-43-39(35(51(12)13)22-28(4)58-43)60-34-19-17-33(48)18-20-34)44(9,54)23-27(3)25-50-31(7)40(52)46(11,55)36(16-2)61-42(53)30(38)6/h17-20,27-32,35-41,43,49-50,52,54-56H,15-16,21-26H2,1-14H3/t27?,28-,29?,30?,31?,32+,35+,36?,37+,38?,39-,40?,41?,43+,44?,45-,46?,47+/m1/s1. The summed E-state index contributed by atoms with van der Waals surface area (Å²) < 4.78 is 59.9. The minimum Gasteiger partial charge on any atom is -0.483 e. The maximum Gasteiger partial charge on any atom is 0.311 e. The van der Waals surface area contributed by atoms with Gasteiger partial charge in [0, 0.05) is 32.0 Å². The van der Waals surface area contributed by atoms with E-state index in [2.05, 4.69) is 10.6 Å². The van der Waals surface area contributed by atoms with Crippen LogP contribution < -0.4 is 15.4 Å². The van der Waals surface area contributed by atoms with Crippen molar-refractivity contribution in [1.82, 2.24) is 15.5 Å². The van der Waals surface area contributed by atoms with Crippen molar-refractivity contribution in [2.75, 3.05) is 40.8 Å². The zero-order chi connectivity index (χ0) is 47.2. The fourth-order valence-corrected chi connectivity index (χ4v) is 9.99. The summed E-state index contributed by atoms with van der Waals surface area (Å²) in [6.07, 6.45) is -6.58. The lowest BCUT2D eigenvalue weighted by molar-refractivity contribution is -0.335. The fourth-order valence-electron chi connectivity index (χ4n) is 9.99. The number of aliphatic hydroxyl groups excluding tert-OH is 1. The van der Waals surface area contributed by atoms with Crippen molar-refractivity contribution in [2.45, 2.75) is 198 Å². The van der Waals surface area contributed by atoms with Gasteiger partial charge >= 0.3 is 5.97 Å². The SMILES string of the molecule is CCCNC[C@]1(O)[C@H](C)O[C@@H](OC2C(C)C(=O)OC(CC)C(C)(O)C(O)C(C)NCC(C)CC(C)(O)C(O[C@@H]3O[C@H](C)C[C@H](N(C)C)[C@H]3Oc3ccc(F)cc3)C2C)C[C@@]1(C)OC. The minimum absolute atomic E-state index is 0.0749. The van der Waals surface area contributed by atoms with E-state index in [0.717, 1.165) is 6.42 Å². The number of halogens is 1. The molecule has 18 atom stereocenters. The van der Waals surface area contributed by atoms with Gasteiger partial charge < -0.3 is 69.1 Å². The Hall–Kier alpha value is -2.06. The fraction of sp³-hybridized carbons (Fsp3) is 0.851. The first-order valence-electron chi connectivity index (χ1n) is 23.1. The predicted octanol–water partition coefficient (Wildman–Crippen LogP) is 4.15. The third-order valence-corrected chi connectivity index (χ3v) is 14.1. The second-order valence-corrected chi connectivity index (χ2v) is 19.7. The Morgan fingerprint density at radius 2 is 1.60 bits per heavy atom. The molecule has 63 heavy (non-hydrogen) atoms. The number of likely N-dealkylation sites (N-methyl/N-ethyl adjacent to an activating group) is 1. The van der Waals surface area contributed by atoms with Gasteiger partial charge in [-0.3, -0.25) is 4.79 Å². The van der Waals surface area contributed by atoms with Crippen molar-refractivity contribution in [3.8, 4) is 5.75 Å². The lowest BCUT2D eigenvalue weighted by Crippen LogP contribution is -2.70. The number of ether oxygens (including phenoxy) is 7. The number of carbonyl (C=O) groups is 1. The number of hydrogen-bond donors (Lipinski definition) is 6. The van der Waals surface area contributed by atoms with E-state index in [1.54, 1.807) is 46.8 Å². The Labute approximate surface area is 376 Å². The van der Waals surface area contributed by atoms with E-state index >= 15 is 0 Å². The number of methoxy groups -OCH3 is 1. The molecule has 3 aliphatic rings. The van der Waals surface area contributed by atoms with Crippen LogP contribution in [0.2, 0.25) is 0 Å². The van der Waals surface area contributed by atoms with E-state index in [9.17, 15) is 29.6 Å². The molecule has 3 aliphatic heterocycles. The quantitative estimate of drug-likeness (QED) is 0.122. The molecule has 364 valence electrons. The number of rotatable bonds is 13. The van der Waals surface area contributed by atoms with E-state index in [0.29, 0.717) is 25.3 Å². The van der Waals surface area contributed by atoms with Crippen LogP contribution >= 0.6 is 0 Å². The lowest BCUT2D eigenvalue weighted by atomic mass is 9.75. The van der Waals surface area contributed by atoms with Gasteiger partial charge in [-0.1, -0.05) is 27.7 Å². The topological polar surface area (TPSA) is 190 Å². The highest BCUT2D eigenvalue weighted by atomic mass is 19.1. The van der Waals surface area contributed by atoms with Crippen LogP contribution in [-0.2, 0) is 33.2 Å². The maximum atomic E-state index is 14.5. The van der Waals surface area contributed by atoms with Crippen molar-refractivity contribution in [3.63, 3.8) is 0 Å². The Morgan fingerprint density at radius 1 is 0.952 bits per heavy atom. The lowest BCUT2D eigenvalue weighted by Gasteiger charge is -2.53. The smallest absolute Gasteiger partial charge is 0.311 e. The number of hydrogen-bond acceptors (Lipinski definition) is 15. The summed E-state index contributed by atoms with van der Waals surface area (Å²) in [6, 6.07) is 4.89. The molecule has 1 aromatic rings. The molecular formula is C47H82FN3O12. The normalized spacial score (nSPS) is 43.8. The molecule has 3 saturated heterocycles. The summed E-state index contributed by atoms with van der Waals surface area (Å²) in [7, 11) is 5.41. The second kappa shape index (κ2) is 22.2. The van der Waals surface area contributed by atoms with E-state index in [1.807, 2.05) is 53.6 Å². The Bertz CT molecular complexity index is 1570. The molecule has 3 fully saturated rings. The molecule has 4 rings (SSSR count). The third-order valence-electron chi connectivity index (χ3n) is 14.1. The van der Waals surface area contributed by atoms with E-state index < -0.39 is 101 Å². The Kier molecular flexibility index (Phi) is 18.8. The van der Waals surface area contributed by atoms with Crippen molar-refractivity contribution < 1.29 is 62.8 Å². The van der Waals surface area contributed by atoms with E-state index in [1.165, 1.54) is 26.2 Å². The molecule has 16 heteroatoms. The predicted molar refractivity (Wildman–Crippen MR) is 236 cm³/mol. The molecule has 6 N–H and O–H groups in total. The Morgan fingerprint density at radius 3 is 2.19 bits per heavy atom. The molecule has 0 spiro atoms. The maximum absolute atomic E-state index is 14.5. The third kappa shape index (κ3) is 12.5. The summed E-state index contributed by atoms with van der Waals surface area (Å²) in [5.41, 5.74) is -6.07. The van der Waals surface area contributed by atoms with Crippen LogP contribution in [0.15, 0.2) is 24.3 Å². The number of esters is 1. The highest BCUT2D eigenvalue weighted by Crippen LogP contribution is 2.43. The van der Waals surface area contributed by atoms with Crippen LogP contribution in [0.3, 0.4) is 0 Å². The summed E-state index contributed by atoms with van der Waals surface area (Å²) in [5, 5.41) is 54.9. The van der Waals surface area contributed by atoms with Crippen LogP contribution in [0, 0.1) is 23.6 Å². The van der Waals surface area contributed by atoms with Gasteiger partial charge in [-0.25, -0.2) is 4.39 Å². The minimum atomic E-state index is -1.84. The molecular weight excluding hydrogens is 818 g/mol. The zero-order valence-corrected chi connectivity index (χ0v) is 40.4. The second-order valence-electron chi connectivity index (χ2n) is 19.7. The molecule has 1 aromatic carbocycles. The summed E-state index contributed by atoms with van der Waals surface area (Å²) in [4.78, 5) is 16.6. The molecule has 15 nitrogen and oxygen atoms in total. The Balaban J connectivity index is 1.86. The van der Waals surface area contributed by atoms with Gasteiger partial charge in [0.15, 0.2) is 18.7 Å². The zero-order valence-electron chi connectivity index (χ0n) is 40.4. The molecule has 10 unspecified atom stereocenters. The highest BCUT2D eigenvalue weighted by molar-refractivity contribution is 5.73. The summed E-state index contributed by atoms with van der Waals surface area (Å²) >= 11 is 0. The van der Waals surface area contributed by atoms with Gasteiger partial charge in [0.05, 0.1) is 42.0 Å². The number of benzene rings is 1. The first kappa shape index (κ1) is 53.6. The van der Waals surface area contributed by atoms with Gasteiger partial charge in [0.25, 0.3) is 0 Å². The number of aliphatic hydroxyl groups is 4. The average Bonchev–Trinajstić information content (AvgIpc) is 3.22. The van der Waals surface area contributed by atoms with Gasteiger partial charge in [-0.15, -0.1) is 0 Å². The highest BCUT2D eigenvalue weighted by Gasteiger charge is 2.58. The molecule has 0 bridgehead atoms. The van der Waals surface area contributed by atoms with Gasteiger partial charge in [0.2, 0.25) is 0 Å². The molecule has 3 heterocycles. The van der Waals surface area contributed by atoms with Gasteiger partial charge in [-0.05, 0) is 132 Å². The number of nitrogens with one attached hydrogen (secondary N) is 2. The number of cyclic esters (lactones) is 1. The van der Waals surface area contributed by atoms with E-state index in [-0.39, 0.29) is 43.9 Å². The summed E-state index contributed by atoms with van der Waals surface area (Å²) in [6.45, 7) is 20.9. The molecule has 0 saturated carbocycles. The van der Waals surface area contributed by atoms with Crippen molar-refractivity contribution >= 4 is 5.97 Å². The number of carbonyl (C=O) groups excluding carboxylic acids is 1. The van der Waals surface area contributed by atoms with Gasteiger partial charge in [-0.2, -0.15) is 0 Å². The van der Waals surface area contributed by atoms with Crippen LogP contribution in [-0.4, -0.2) is 162 Å². The summed E-state index contributed by atoms with van der Waals surface area (Å²) in [5.74, 6) is -2.77. The molecule has 0 radical (unpaired) electrons. The van der Waals surface area contributed by atoms with Crippen LogP contribution in [0.5, 0.6) is 5.75 Å².